The number of rotatable bonds is 2. The minimum absolute atomic E-state index is 0.00306. The number of hydrogen-bond acceptors (Lipinski definition) is 2. The molecule has 1 saturated heterocycles. The van der Waals surface area contributed by atoms with Gasteiger partial charge in [0.05, 0.1) is 6.54 Å². The zero-order chi connectivity index (χ0) is 9.53. The second-order valence-corrected chi connectivity index (χ2v) is 4.53. The number of nitrogens with zero attached hydrogens (tertiary/aromatic N) is 1. The molecule has 2 N–H and O–H groups in total. The zero-order valence-electron chi connectivity index (χ0n) is 7.73. The lowest BCUT2D eigenvalue weighted by Gasteiger charge is -2.40. The lowest BCUT2D eigenvalue weighted by molar-refractivity contribution is 0.00832. The van der Waals surface area contributed by atoms with Crippen LogP contribution in [-0.4, -0.2) is 36.0 Å². The van der Waals surface area contributed by atoms with Crippen molar-refractivity contribution in [2.24, 2.45) is 5.73 Å². The average Bonchev–Trinajstić information content (AvgIpc) is 2.27. The minimum Gasteiger partial charge on any atom is -0.324 e. The predicted molar refractivity (Wildman–Crippen MR) is 46.8 cm³/mol. The molecule has 0 radical (unpaired) electrons. The summed E-state index contributed by atoms with van der Waals surface area (Å²) < 4.78 is 25.6. The molecule has 2 rings (SSSR count). The Labute approximate surface area is 77.1 Å². The summed E-state index contributed by atoms with van der Waals surface area (Å²) in [6.07, 6.45) is 3.15. The molecule has 76 valence electrons. The summed E-state index contributed by atoms with van der Waals surface area (Å²) in [6.45, 7) is 1.07. The molecule has 1 aliphatic carbocycles. The van der Waals surface area contributed by atoms with Crippen molar-refractivity contribution in [1.82, 2.24) is 4.90 Å². The van der Waals surface area contributed by atoms with Gasteiger partial charge in [0.1, 0.15) is 0 Å². The highest BCUT2D eigenvalue weighted by Crippen LogP contribution is 2.33. The fraction of sp³-hybridized carbons (Fsp3) is 1.00. The van der Waals surface area contributed by atoms with Crippen molar-refractivity contribution in [3.63, 3.8) is 0 Å². The van der Waals surface area contributed by atoms with Gasteiger partial charge in [0.15, 0.2) is 0 Å². The molecule has 0 atom stereocenters. The summed E-state index contributed by atoms with van der Waals surface area (Å²) in [4.78, 5) is 1.80. The first-order valence-corrected chi connectivity index (χ1v) is 4.88. The van der Waals surface area contributed by atoms with Gasteiger partial charge in [-0.25, -0.2) is 8.78 Å². The lowest BCUT2D eigenvalue weighted by Crippen LogP contribution is -2.54. The molecule has 4 heteroatoms. The molecule has 0 aromatic carbocycles. The SMILES string of the molecule is NC1(CN2CCC(F)(F)C2)CCC1. The van der Waals surface area contributed by atoms with Crippen LogP contribution < -0.4 is 5.73 Å². The summed E-state index contributed by atoms with van der Waals surface area (Å²) in [6, 6.07) is 0. The molecule has 1 aliphatic heterocycles. The Hall–Kier alpha value is -0.220. The van der Waals surface area contributed by atoms with Gasteiger partial charge < -0.3 is 5.73 Å². The summed E-state index contributed by atoms with van der Waals surface area (Å²) in [7, 11) is 0. The second kappa shape index (κ2) is 2.89. The number of halogens is 2. The molecular formula is C9H16F2N2. The first kappa shape index (κ1) is 9.34. The Bertz CT molecular complexity index is 202. The van der Waals surface area contributed by atoms with E-state index < -0.39 is 5.92 Å². The van der Waals surface area contributed by atoms with E-state index in [2.05, 4.69) is 0 Å². The van der Waals surface area contributed by atoms with Crippen LogP contribution in [0, 0.1) is 0 Å². The van der Waals surface area contributed by atoms with Crippen molar-refractivity contribution >= 4 is 0 Å². The number of nitrogens with two attached hydrogens (primary N) is 1. The Kier molecular flexibility index (Phi) is 2.07. The predicted octanol–water partition coefficient (Wildman–Crippen LogP) is 1.21. The third-order valence-electron chi connectivity index (χ3n) is 3.14. The zero-order valence-corrected chi connectivity index (χ0v) is 7.73. The third kappa shape index (κ3) is 1.99. The van der Waals surface area contributed by atoms with E-state index >= 15 is 0 Å². The van der Waals surface area contributed by atoms with Crippen LogP contribution in [0.4, 0.5) is 8.78 Å². The molecule has 0 amide bonds. The summed E-state index contributed by atoms with van der Waals surface area (Å²) in [5, 5.41) is 0. The van der Waals surface area contributed by atoms with Gasteiger partial charge in [-0.15, -0.1) is 0 Å². The molecule has 1 saturated carbocycles. The molecular weight excluding hydrogens is 174 g/mol. The highest BCUT2D eigenvalue weighted by atomic mass is 19.3. The van der Waals surface area contributed by atoms with E-state index in [-0.39, 0.29) is 18.5 Å². The molecule has 1 heterocycles. The third-order valence-corrected chi connectivity index (χ3v) is 3.14. The van der Waals surface area contributed by atoms with Gasteiger partial charge in [0.2, 0.25) is 0 Å². The molecule has 0 bridgehead atoms. The van der Waals surface area contributed by atoms with Gasteiger partial charge in [-0.05, 0) is 19.3 Å². The highest BCUT2D eigenvalue weighted by molar-refractivity contribution is 4.97. The number of hydrogen-bond donors (Lipinski definition) is 1. The minimum atomic E-state index is -2.47. The van der Waals surface area contributed by atoms with Crippen LogP contribution in [0.25, 0.3) is 0 Å². The Morgan fingerprint density at radius 3 is 2.31 bits per heavy atom. The van der Waals surface area contributed by atoms with Crippen molar-refractivity contribution in [2.45, 2.75) is 37.1 Å². The van der Waals surface area contributed by atoms with Crippen molar-refractivity contribution in [3.8, 4) is 0 Å². The molecule has 13 heavy (non-hydrogen) atoms. The molecule has 0 spiro atoms. The standard InChI is InChI=1S/C9H16F2N2/c10-9(11)4-5-13(7-9)6-8(12)2-1-3-8/h1-7,12H2. The monoisotopic (exact) mass is 190 g/mol. The highest BCUT2D eigenvalue weighted by Gasteiger charge is 2.42. The van der Waals surface area contributed by atoms with Crippen molar-refractivity contribution in [3.05, 3.63) is 0 Å². The van der Waals surface area contributed by atoms with E-state index in [0.29, 0.717) is 13.1 Å². The topological polar surface area (TPSA) is 29.3 Å². The fourth-order valence-electron chi connectivity index (χ4n) is 2.18. The van der Waals surface area contributed by atoms with Crippen LogP contribution >= 0.6 is 0 Å². The van der Waals surface area contributed by atoms with E-state index in [0.717, 1.165) is 19.3 Å². The summed E-state index contributed by atoms with van der Waals surface area (Å²) in [5.41, 5.74) is 5.83. The van der Waals surface area contributed by atoms with E-state index in [1.165, 1.54) is 0 Å². The molecule has 0 aromatic rings. The quantitative estimate of drug-likeness (QED) is 0.709. The first-order valence-electron chi connectivity index (χ1n) is 4.88. The summed E-state index contributed by atoms with van der Waals surface area (Å²) in [5.74, 6) is -2.47. The van der Waals surface area contributed by atoms with Crippen LogP contribution in [0.3, 0.4) is 0 Å². The Balaban J connectivity index is 1.83. The molecule has 2 aliphatic rings. The second-order valence-electron chi connectivity index (χ2n) is 4.53. The fourth-order valence-corrected chi connectivity index (χ4v) is 2.18. The van der Waals surface area contributed by atoms with Gasteiger partial charge >= 0.3 is 0 Å². The maximum atomic E-state index is 12.8. The van der Waals surface area contributed by atoms with Gasteiger partial charge in [-0.3, -0.25) is 4.90 Å². The smallest absolute Gasteiger partial charge is 0.261 e. The number of alkyl halides is 2. The van der Waals surface area contributed by atoms with Crippen molar-refractivity contribution in [2.75, 3.05) is 19.6 Å². The van der Waals surface area contributed by atoms with Crippen molar-refractivity contribution < 1.29 is 8.78 Å². The van der Waals surface area contributed by atoms with Crippen LogP contribution in [0.2, 0.25) is 0 Å². The largest absolute Gasteiger partial charge is 0.324 e. The van der Waals surface area contributed by atoms with Gasteiger partial charge in [-0.1, -0.05) is 0 Å². The van der Waals surface area contributed by atoms with Crippen molar-refractivity contribution in [1.29, 1.82) is 0 Å². The van der Waals surface area contributed by atoms with E-state index in [1.54, 1.807) is 4.90 Å². The molecule has 0 unspecified atom stereocenters. The maximum Gasteiger partial charge on any atom is 0.261 e. The average molecular weight is 190 g/mol. The molecule has 0 aromatic heterocycles. The Morgan fingerprint density at radius 2 is 1.92 bits per heavy atom. The van der Waals surface area contributed by atoms with Gasteiger partial charge in [0, 0.05) is 25.0 Å². The van der Waals surface area contributed by atoms with Crippen LogP contribution in [0.1, 0.15) is 25.7 Å². The van der Waals surface area contributed by atoms with E-state index in [1.807, 2.05) is 0 Å². The summed E-state index contributed by atoms with van der Waals surface area (Å²) >= 11 is 0. The maximum absolute atomic E-state index is 12.8. The first-order chi connectivity index (χ1) is 5.99. The van der Waals surface area contributed by atoms with Gasteiger partial charge in [-0.2, -0.15) is 0 Å². The van der Waals surface area contributed by atoms with Crippen LogP contribution in [0.15, 0.2) is 0 Å². The molecule has 2 fully saturated rings. The van der Waals surface area contributed by atoms with E-state index in [4.69, 9.17) is 5.73 Å². The lowest BCUT2D eigenvalue weighted by atomic mass is 9.77. The van der Waals surface area contributed by atoms with Crippen LogP contribution in [-0.2, 0) is 0 Å². The Morgan fingerprint density at radius 1 is 1.23 bits per heavy atom. The number of likely N-dealkylation sites (tertiary alicyclic amines) is 1. The van der Waals surface area contributed by atoms with E-state index in [9.17, 15) is 8.78 Å². The van der Waals surface area contributed by atoms with Gasteiger partial charge in [0.25, 0.3) is 5.92 Å². The molecule has 2 nitrogen and oxygen atoms in total. The normalized spacial score (nSPS) is 31.6. The van der Waals surface area contributed by atoms with Crippen LogP contribution in [0.5, 0.6) is 0 Å².